The zero-order valence-electron chi connectivity index (χ0n) is 20.4. The SMILES string of the molecule is CCOC(=O)CCNC(=O)C(c1ccc(O)cc1)N(C(=O)CNC(=O)OC(C)(C)C)C1CC1C. The van der Waals surface area contributed by atoms with Gasteiger partial charge in [-0.1, -0.05) is 19.1 Å². The molecule has 0 aliphatic heterocycles. The summed E-state index contributed by atoms with van der Waals surface area (Å²) in [5.74, 6) is -1.15. The topological polar surface area (TPSA) is 134 Å². The van der Waals surface area contributed by atoms with E-state index in [0.29, 0.717) is 12.0 Å². The molecule has 10 nitrogen and oxygen atoms in total. The second-order valence-corrected chi connectivity index (χ2v) is 9.28. The minimum absolute atomic E-state index is 0.00411. The van der Waals surface area contributed by atoms with Crippen LogP contribution in [0, 0.1) is 5.92 Å². The highest BCUT2D eigenvalue weighted by molar-refractivity contribution is 5.91. The first-order valence-electron chi connectivity index (χ1n) is 11.4. The van der Waals surface area contributed by atoms with E-state index in [4.69, 9.17) is 9.47 Å². The molecule has 0 radical (unpaired) electrons. The summed E-state index contributed by atoms with van der Waals surface area (Å²) in [6.07, 6.45) is -0.0247. The summed E-state index contributed by atoms with van der Waals surface area (Å²) in [5.41, 5.74) is -0.221. The summed E-state index contributed by atoms with van der Waals surface area (Å²) in [4.78, 5) is 51.6. The van der Waals surface area contributed by atoms with Crippen LogP contribution in [-0.4, -0.2) is 65.2 Å². The number of amides is 3. The molecule has 2 rings (SSSR count). The first-order chi connectivity index (χ1) is 15.9. The van der Waals surface area contributed by atoms with Gasteiger partial charge in [-0.15, -0.1) is 0 Å². The van der Waals surface area contributed by atoms with Gasteiger partial charge in [0, 0.05) is 12.6 Å². The molecule has 1 saturated carbocycles. The van der Waals surface area contributed by atoms with Gasteiger partial charge in [-0.25, -0.2) is 4.79 Å². The highest BCUT2D eigenvalue weighted by Gasteiger charge is 2.46. The first kappa shape index (κ1) is 26.9. The van der Waals surface area contributed by atoms with E-state index < -0.39 is 35.5 Å². The van der Waals surface area contributed by atoms with Crippen molar-refractivity contribution in [2.45, 2.75) is 65.1 Å². The average Bonchev–Trinajstić information content (AvgIpc) is 3.45. The standard InChI is InChI=1S/C24H35N3O7/c1-6-33-20(30)11-12-25-22(31)21(16-7-9-17(28)10-8-16)27(18-13-15(18)2)19(29)14-26-23(32)34-24(3,4)5/h7-10,15,18,21,28H,6,11-14H2,1-5H3,(H,25,31)(H,26,32). The molecule has 0 spiro atoms. The number of carbonyl (C=O) groups is 4. The minimum atomic E-state index is -1.01. The Bertz CT molecular complexity index is 880. The normalized spacial score (nSPS) is 17.8. The number of phenolic OH excluding ortho intramolecular Hbond substituents is 1. The van der Waals surface area contributed by atoms with Crippen LogP contribution >= 0.6 is 0 Å². The van der Waals surface area contributed by atoms with E-state index in [1.54, 1.807) is 39.8 Å². The van der Waals surface area contributed by atoms with Crippen LogP contribution < -0.4 is 10.6 Å². The van der Waals surface area contributed by atoms with Crippen LogP contribution in [0.3, 0.4) is 0 Å². The fourth-order valence-electron chi connectivity index (χ4n) is 3.48. The predicted molar refractivity (Wildman–Crippen MR) is 124 cm³/mol. The maximum atomic E-state index is 13.2. The molecule has 1 fully saturated rings. The predicted octanol–water partition coefficient (Wildman–Crippen LogP) is 2.26. The van der Waals surface area contributed by atoms with Gasteiger partial charge in [0.15, 0.2) is 0 Å². The Morgan fingerprint density at radius 2 is 1.76 bits per heavy atom. The van der Waals surface area contributed by atoms with E-state index in [0.717, 1.165) is 0 Å². The molecule has 0 aromatic heterocycles. The third-order valence-corrected chi connectivity index (χ3v) is 5.16. The average molecular weight is 478 g/mol. The quantitative estimate of drug-likeness (QED) is 0.440. The summed E-state index contributed by atoms with van der Waals surface area (Å²) >= 11 is 0. The van der Waals surface area contributed by atoms with Crippen molar-refractivity contribution in [1.29, 1.82) is 0 Å². The fourth-order valence-corrected chi connectivity index (χ4v) is 3.48. The number of esters is 1. The molecule has 3 atom stereocenters. The number of ether oxygens (including phenoxy) is 2. The number of phenols is 1. The second kappa shape index (κ2) is 11.7. The Hall–Kier alpha value is -3.30. The van der Waals surface area contributed by atoms with Crippen molar-refractivity contribution in [1.82, 2.24) is 15.5 Å². The lowest BCUT2D eigenvalue weighted by molar-refractivity contribution is -0.144. The van der Waals surface area contributed by atoms with Crippen LogP contribution in [-0.2, 0) is 23.9 Å². The van der Waals surface area contributed by atoms with Crippen molar-refractivity contribution < 1.29 is 33.8 Å². The van der Waals surface area contributed by atoms with E-state index in [2.05, 4.69) is 10.6 Å². The van der Waals surface area contributed by atoms with Gasteiger partial charge in [0.1, 0.15) is 23.9 Å². The van der Waals surface area contributed by atoms with Gasteiger partial charge in [-0.05, 0) is 57.7 Å². The highest BCUT2D eigenvalue weighted by Crippen LogP contribution is 2.40. The summed E-state index contributed by atoms with van der Waals surface area (Å²) in [6.45, 7) is 8.76. The van der Waals surface area contributed by atoms with Crippen molar-refractivity contribution >= 4 is 23.9 Å². The lowest BCUT2D eigenvalue weighted by Crippen LogP contribution is -2.49. The number of hydrogen-bond acceptors (Lipinski definition) is 7. The molecular formula is C24H35N3O7. The molecule has 188 valence electrons. The lowest BCUT2D eigenvalue weighted by atomic mass is 10.0. The second-order valence-electron chi connectivity index (χ2n) is 9.28. The maximum Gasteiger partial charge on any atom is 0.408 e. The summed E-state index contributed by atoms with van der Waals surface area (Å²) in [5, 5.41) is 14.8. The van der Waals surface area contributed by atoms with Crippen molar-refractivity contribution in [2.75, 3.05) is 19.7 Å². The van der Waals surface area contributed by atoms with Gasteiger partial charge < -0.3 is 30.1 Å². The number of nitrogens with one attached hydrogen (secondary N) is 2. The van der Waals surface area contributed by atoms with E-state index in [1.807, 2.05) is 6.92 Å². The van der Waals surface area contributed by atoms with Gasteiger partial charge in [0.2, 0.25) is 11.8 Å². The number of benzene rings is 1. The molecule has 3 unspecified atom stereocenters. The molecule has 0 saturated heterocycles. The number of carbonyl (C=O) groups excluding carboxylic acids is 4. The molecular weight excluding hydrogens is 442 g/mol. The monoisotopic (exact) mass is 477 g/mol. The first-order valence-corrected chi connectivity index (χ1v) is 11.4. The van der Waals surface area contributed by atoms with Gasteiger partial charge in [-0.2, -0.15) is 0 Å². The van der Waals surface area contributed by atoms with Crippen molar-refractivity contribution in [3.63, 3.8) is 0 Å². The van der Waals surface area contributed by atoms with E-state index >= 15 is 0 Å². The fraction of sp³-hybridized carbons (Fsp3) is 0.583. The number of hydrogen-bond donors (Lipinski definition) is 3. The Morgan fingerprint density at radius 3 is 2.29 bits per heavy atom. The minimum Gasteiger partial charge on any atom is -0.508 e. The summed E-state index contributed by atoms with van der Waals surface area (Å²) in [7, 11) is 0. The Kier molecular flexibility index (Phi) is 9.28. The molecule has 1 aliphatic carbocycles. The van der Waals surface area contributed by atoms with E-state index in [-0.39, 0.29) is 43.8 Å². The Balaban J connectivity index is 2.22. The van der Waals surface area contributed by atoms with Gasteiger partial charge in [-0.3, -0.25) is 14.4 Å². The largest absolute Gasteiger partial charge is 0.508 e. The molecule has 3 amide bonds. The Labute approximate surface area is 200 Å². The third-order valence-electron chi connectivity index (χ3n) is 5.16. The zero-order chi connectivity index (χ0) is 25.5. The molecule has 0 heterocycles. The van der Waals surface area contributed by atoms with Crippen LogP contribution in [0.5, 0.6) is 5.75 Å². The smallest absolute Gasteiger partial charge is 0.408 e. The van der Waals surface area contributed by atoms with Gasteiger partial charge in [0.05, 0.1) is 13.0 Å². The number of aromatic hydroxyl groups is 1. The van der Waals surface area contributed by atoms with E-state index in [1.165, 1.54) is 17.0 Å². The number of nitrogens with zero attached hydrogens (tertiary/aromatic N) is 1. The Morgan fingerprint density at radius 1 is 1.15 bits per heavy atom. The molecule has 1 aliphatic rings. The molecule has 34 heavy (non-hydrogen) atoms. The summed E-state index contributed by atoms with van der Waals surface area (Å²) < 4.78 is 10.1. The van der Waals surface area contributed by atoms with Crippen LogP contribution in [0.4, 0.5) is 4.79 Å². The van der Waals surface area contributed by atoms with Crippen LogP contribution in [0.2, 0.25) is 0 Å². The van der Waals surface area contributed by atoms with Crippen molar-refractivity contribution in [3.05, 3.63) is 29.8 Å². The highest BCUT2D eigenvalue weighted by atomic mass is 16.6. The zero-order valence-corrected chi connectivity index (χ0v) is 20.4. The number of rotatable bonds is 10. The molecule has 0 bridgehead atoms. The molecule has 3 N–H and O–H groups in total. The number of alkyl carbamates (subject to hydrolysis) is 1. The molecule has 10 heteroatoms. The molecule has 1 aromatic carbocycles. The lowest BCUT2D eigenvalue weighted by Gasteiger charge is -2.32. The van der Waals surface area contributed by atoms with Gasteiger partial charge >= 0.3 is 12.1 Å². The van der Waals surface area contributed by atoms with Crippen LogP contribution in [0.15, 0.2) is 24.3 Å². The van der Waals surface area contributed by atoms with Crippen molar-refractivity contribution in [3.8, 4) is 5.75 Å². The van der Waals surface area contributed by atoms with Crippen LogP contribution in [0.1, 0.15) is 59.1 Å². The van der Waals surface area contributed by atoms with Crippen molar-refractivity contribution in [2.24, 2.45) is 5.92 Å². The van der Waals surface area contributed by atoms with E-state index in [9.17, 15) is 24.3 Å². The van der Waals surface area contributed by atoms with Crippen LogP contribution in [0.25, 0.3) is 0 Å². The van der Waals surface area contributed by atoms with Gasteiger partial charge in [0.25, 0.3) is 0 Å². The summed E-state index contributed by atoms with van der Waals surface area (Å²) in [6, 6.07) is 4.81. The molecule has 1 aromatic rings. The third kappa shape index (κ3) is 8.24. The maximum absolute atomic E-state index is 13.2.